The molecule has 0 aromatic carbocycles. The number of rotatable bonds is 7. The topological polar surface area (TPSA) is 40.6 Å². The van der Waals surface area contributed by atoms with Gasteiger partial charge in [0.1, 0.15) is 5.82 Å². The molecule has 0 unspecified atom stereocenters. The number of ether oxygens (including phenoxy) is 1. The first-order valence-electron chi connectivity index (χ1n) is 9.48. The van der Waals surface area contributed by atoms with Gasteiger partial charge in [-0.1, -0.05) is 18.2 Å². The number of allylic oxidation sites excluding steroid dienone is 3. The van der Waals surface area contributed by atoms with Crippen LogP contribution in [-0.4, -0.2) is 60.2 Å². The molecule has 0 radical (unpaired) electrons. The van der Waals surface area contributed by atoms with Gasteiger partial charge in [-0.25, -0.2) is 4.98 Å². The smallest absolute Gasteiger partial charge is 0.560 e. The molecule has 2 heterocycles. The molecule has 6 heteroatoms. The SMILES string of the molecule is [CH2-]COC1=C(N2CCN([C@H](C)CNc3ccccn3)CC2)C=CC[C-]1C.[U+2]. The van der Waals surface area contributed by atoms with Crippen LogP contribution in [0.4, 0.5) is 5.82 Å². The first-order chi connectivity index (χ1) is 12.7. The van der Waals surface area contributed by atoms with Gasteiger partial charge in [-0.05, 0) is 31.4 Å². The van der Waals surface area contributed by atoms with Gasteiger partial charge < -0.3 is 21.9 Å². The molecule has 5 nitrogen and oxygen atoms in total. The largest absolute Gasteiger partial charge is 2.00 e. The van der Waals surface area contributed by atoms with Crippen molar-refractivity contribution in [3.05, 3.63) is 60.8 Å². The molecular weight excluding hydrogens is 562 g/mol. The molecule has 1 saturated heterocycles. The van der Waals surface area contributed by atoms with Crippen molar-refractivity contribution in [1.82, 2.24) is 14.8 Å². The zero-order valence-corrected chi connectivity index (χ0v) is 20.6. The van der Waals surface area contributed by atoms with Crippen LogP contribution >= 0.6 is 0 Å². The number of hydrogen-bond donors (Lipinski definition) is 1. The Hall–Kier alpha value is -1.09. The van der Waals surface area contributed by atoms with Crippen LogP contribution in [0.15, 0.2) is 48.0 Å². The van der Waals surface area contributed by atoms with E-state index in [1.807, 2.05) is 24.4 Å². The first-order valence-corrected chi connectivity index (χ1v) is 9.48. The fourth-order valence-corrected chi connectivity index (χ4v) is 3.53. The first kappa shape index (κ1) is 22.2. The average Bonchev–Trinajstić information content (AvgIpc) is 2.69. The van der Waals surface area contributed by atoms with Crippen LogP contribution in [0.1, 0.15) is 20.3 Å². The monoisotopic (exact) mass is 592 g/mol. The van der Waals surface area contributed by atoms with Crippen molar-refractivity contribution in [1.29, 1.82) is 0 Å². The minimum Gasteiger partial charge on any atom is -0.560 e. The second-order valence-electron chi connectivity index (χ2n) is 6.92. The second-order valence-corrected chi connectivity index (χ2v) is 6.92. The zero-order valence-electron chi connectivity index (χ0n) is 16.4. The molecule has 1 fully saturated rings. The quantitative estimate of drug-likeness (QED) is 0.494. The van der Waals surface area contributed by atoms with Crippen molar-refractivity contribution >= 4 is 5.82 Å². The number of nitrogens with one attached hydrogen (secondary N) is 1. The standard InChI is InChI=1S/C21H30N4O.U/c1-4-26-21-17(2)8-7-9-19(21)25-14-12-24(13-15-25)18(3)16-23-20-10-5-6-11-22-20;/h5-7,9-11,18H,1,4,8,12-16H2,2-3H3,(H,22,23);/q-2;+2/t18-;/m1./s1. The van der Waals surface area contributed by atoms with Gasteiger partial charge in [0.15, 0.2) is 0 Å². The van der Waals surface area contributed by atoms with Crippen LogP contribution in [0, 0.1) is 44.0 Å². The summed E-state index contributed by atoms with van der Waals surface area (Å²) in [6.45, 7) is 13.8. The van der Waals surface area contributed by atoms with Crippen molar-refractivity contribution < 1.29 is 35.9 Å². The van der Waals surface area contributed by atoms with Crippen molar-refractivity contribution in [3.63, 3.8) is 0 Å². The van der Waals surface area contributed by atoms with Gasteiger partial charge in [0, 0.05) is 45.0 Å². The van der Waals surface area contributed by atoms with Crippen molar-refractivity contribution in [2.75, 3.05) is 44.6 Å². The summed E-state index contributed by atoms with van der Waals surface area (Å²) in [5.41, 5.74) is 1.22. The molecule has 0 spiro atoms. The Morgan fingerprint density at radius 2 is 2.07 bits per heavy atom. The zero-order chi connectivity index (χ0) is 18.4. The molecule has 1 aromatic heterocycles. The van der Waals surface area contributed by atoms with Crippen molar-refractivity contribution in [3.8, 4) is 0 Å². The van der Waals surface area contributed by atoms with Crippen LogP contribution in [-0.2, 0) is 4.74 Å². The van der Waals surface area contributed by atoms with Crippen LogP contribution < -0.4 is 5.32 Å². The molecule has 1 aliphatic carbocycles. The molecule has 144 valence electrons. The van der Waals surface area contributed by atoms with E-state index in [2.05, 4.69) is 53.0 Å². The van der Waals surface area contributed by atoms with Gasteiger partial charge in [-0.3, -0.25) is 4.90 Å². The Bertz CT molecular complexity index is 626. The predicted molar refractivity (Wildman–Crippen MR) is 106 cm³/mol. The second kappa shape index (κ2) is 11.0. The van der Waals surface area contributed by atoms with E-state index in [9.17, 15) is 0 Å². The van der Waals surface area contributed by atoms with Gasteiger partial charge in [-0.15, -0.1) is 19.1 Å². The van der Waals surface area contributed by atoms with Crippen molar-refractivity contribution in [2.45, 2.75) is 26.3 Å². The van der Waals surface area contributed by atoms with Gasteiger partial charge in [-0.2, -0.15) is 5.92 Å². The Kier molecular flexibility index (Phi) is 9.08. The van der Waals surface area contributed by atoms with Crippen LogP contribution in [0.2, 0.25) is 0 Å². The Morgan fingerprint density at radius 3 is 2.74 bits per heavy atom. The minimum absolute atomic E-state index is 0. The summed E-state index contributed by atoms with van der Waals surface area (Å²) >= 11 is 0. The Balaban J connectivity index is 0.00000261. The molecule has 1 N–H and O–H groups in total. The molecule has 0 amide bonds. The molecule has 1 atom stereocenters. The van der Waals surface area contributed by atoms with E-state index in [0.29, 0.717) is 12.6 Å². The third-order valence-electron chi connectivity index (χ3n) is 5.09. The normalized spacial score (nSPS) is 18.9. The number of piperazine rings is 1. The molecule has 0 saturated carbocycles. The third-order valence-corrected chi connectivity index (χ3v) is 5.09. The van der Waals surface area contributed by atoms with Gasteiger partial charge in [0.2, 0.25) is 0 Å². The van der Waals surface area contributed by atoms with Crippen molar-refractivity contribution in [2.24, 2.45) is 0 Å². The number of aromatic nitrogens is 1. The molecule has 2 aliphatic rings. The minimum atomic E-state index is 0. The molecule has 0 bridgehead atoms. The maximum absolute atomic E-state index is 5.83. The van der Waals surface area contributed by atoms with Gasteiger partial charge in [0.05, 0.1) is 0 Å². The summed E-state index contributed by atoms with van der Waals surface area (Å²) in [5.74, 6) is 3.26. The number of nitrogens with zero attached hydrogens (tertiary/aromatic N) is 3. The number of pyridine rings is 1. The molecular formula is C21H30N4OU. The maximum Gasteiger partial charge on any atom is 2.00 e. The predicted octanol–water partition coefficient (Wildman–Crippen LogP) is 3.12. The number of anilines is 1. The van der Waals surface area contributed by atoms with E-state index in [1.165, 1.54) is 11.6 Å². The molecule has 27 heavy (non-hydrogen) atoms. The van der Waals surface area contributed by atoms with E-state index in [0.717, 1.165) is 50.7 Å². The van der Waals surface area contributed by atoms with E-state index >= 15 is 0 Å². The van der Waals surface area contributed by atoms with Gasteiger partial charge >= 0.3 is 31.1 Å². The molecule has 3 rings (SSSR count). The summed E-state index contributed by atoms with van der Waals surface area (Å²) in [6, 6.07) is 6.43. The van der Waals surface area contributed by atoms with E-state index < -0.39 is 0 Å². The molecule has 1 aliphatic heterocycles. The summed E-state index contributed by atoms with van der Waals surface area (Å²) < 4.78 is 5.83. The fourth-order valence-electron chi connectivity index (χ4n) is 3.53. The van der Waals surface area contributed by atoms with Crippen LogP contribution in [0.3, 0.4) is 0 Å². The van der Waals surface area contributed by atoms with Gasteiger partial charge in [0.25, 0.3) is 0 Å². The van der Waals surface area contributed by atoms with E-state index in [-0.39, 0.29) is 31.1 Å². The average molecular weight is 593 g/mol. The molecule has 1 aromatic rings. The van der Waals surface area contributed by atoms with E-state index in [4.69, 9.17) is 4.74 Å². The summed E-state index contributed by atoms with van der Waals surface area (Å²) in [5, 5.41) is 3.43. The summed E-state index contributed by atoms with van der Waals surface area (Å²) in [6.07, 6.45) is 7.22. The third kappa shape index (κ3) is 5.94. The summed E-state index contributed by atoms with van der Waals surface area (Å²) in [7, 11) is 0. The van der Waals surface area contributed by atoms with Crippen LogP contribution in [0.5, 0.6) is 0 Å². The van der Waals surface area contributed by atoms with E-state index in [1.54, 1.807) is 0 Å². The fraction of sp³-hybridized carbons (Fsp3) is 0.476. The number of hydrogen-bond acceptors (Lipinski definition) is 5. The Morgan fingerprint density at radius 1 is 1.30 bits per heavy atom. The summed E-state index contributed by atoms with van der Waals surface area (Å²) in [4.78, 5) is 9.31. The Labute approximate surface area is 187 Å². The maximum atomic E-state index is 5.83. The van der Waals surface area contributed by atoms with Crippen LogP contribution in [0.25, 0.3) is 0 Å².